The van der Waals surface area contributed by atoms with Gasteiger partial charge in [-0.3, -0.25) is 0 Å². The van der Waals surface area contributed by atoms with E-state index in [9.17, 15) is 0 Å². The van der Waals surface area contributed by atoms with Crippen LogP contribution >= 0.6 is 0 Å². The summed E-state index contributed by atoms with van der Waals surface area (Å²) in [4.78, 5) is 0. The molecular weight excluding hydrogens is 223 g/mol. The van der Waals surface area contributed by atoms with Gasteiger partial charge >= 0.3 is 26.2 Å². The van der Waals surface area contributed by atoms with Crippen LogP contribution in [0.15, 0.2) is 23.8 Å². The van der Waals surface area contributed by atoms with E-state index in [-0.39, 0.29) is 41.1 Å². The van der Waals surface area contributed by atoms with E-state index in [0.717, 1.165) is 5.92 Å². The molecule has 1 radical (unpaired) electrons. The Morgan fingerprint density at radius 2 is 2.08 bits per heavy atom. The van der Waals surface area contributed by atoms with Crippen LogP contribution in [-0.2, 0) is 26.2 Å². The molecule has 0 aliphatic heterocycles. The first-order valence-electron chi connectivity index (χ1n) is 3.67. The fourth-order valence-electron chi connectivity index (χ4n) is 1.66. The molecule has 12 heavy (non-hydrogen) atoms. The normalized spacial score (nSPS) is 23.3. The number of allylic oxidation sites excluding steroid dienone is 4. The summed E-state index contributed by atoms with van der Waals surface area (Å²) in [5.41, 5.74) is 1.58. The van der Waals surface area contributed by atoms with E-state index in [1.54, 1.807) is 5.57 Å². The molecular formula is C11H17Zr. The predicted octanol–water partition coefficient (Wildman–Crippen LogP) is 3.39. The van der Waals surface area contributed by atoms with E-state index in [0.29, 0.717) is 0 Å². The first-order chi connectivity index (χ1) is 4.47. The zero-order valence-electron chi connectivity index (χ0n) is 8.01. The van der Waals surface area contributed by atoms with Gasteiger partial charge in [0, 0.05) is 0 Å². The van der Waals surface area contributed by atoms with E-state index in [4.69, 9.17) is 0 Å². The summed E-state index contributed by atoms with van der Waals surface area (Å²) >= 11 is 0. The Morgan fingerprint density at radius 3 is 2.75 bits per heavy atom. The fraction of sp³-hybridized carbons (Fsp3) is 0.364. The Bertz CT molecular complexity index is 168. The maximum Gasteiger partial charge on any atom is 3.00 e. The molecule has 1 unspecified atom stereocenters. The van der Waals surface area contributed by atoms with Crippen LogP contribution in [0.4, 0.5) is 0 Å². The Kier molecular flexibility index (Phi) is 8.25. The third-order valence-electron chi connectivity index (χ3n) is 2.21. The molecule has 2 rings (SSSR count). The largest absolute Gasteiger partial charge is 3.00 e. The van der Waals surface area contributed by atoms with Gasteiger partial charge in [-0.25, -0.2) is 18.1 Å². The molecule has 2 aliphatic carbocycles. The second kappa shape index (κ2) is 6.72. The maximum absolute atomic E-state index is 2.37. The number of hydrogen-bond acceptors (Lipinski definition) is 0. The van der Waals surface area contributed by atoms with Crippen LogP contribution in [0.25, 0.3) is 0 Å². The van der Waals surface area contributed by atoms with Crippen molar-refractivity contribution >= 4 is 0 Å². The van der Waals surface area contributed by atoms with Crippen molar-refractivity contribution in [3.8, 4) is 0 Å². The summed E-state index contributed by atoms with van der Waals surface area (Å²) < 4.78 is 0. The molecule has 1 saturated carbocycles. The second-order valence-corrected chi connectivity index (χ2v) is 2.81. The fourth-order valence-corrected chi connectivity index (χ4v) is 1.66. The number of hydrogen-bond donors (Lipinski definition) is 0. The van der Waals surface area contributed by atoms with Gasteiger partial charge in [-0.15, -0.1) is 18.6 Å². The van der Waals surface area contributed by atoms with Crippen LogP contribution in [0.3, 0.4) is 0 Å². The first-order valence-corrected chi connectivity index (χ1v) is 3.67. The summed E-state index contributed by atoms with van der Waals surface area (Å²) in [7, 11) is 0. The number of rotatable bonds is 0. The van der Waals surface area contributed by atoms with Gasteiger partial charge in [0.2, 0.25) is 0 Å². The average molecular weight is 240 g/mol. The van der Waals surface area contributed by atoms with Crippen molar-refractivity contribution < 1.29 is 26.2 Å². The van der Waals surface area contributed by atoms with Gasteiger partial charge in [0.15, 0.2) is 0 Å². The van der Waals surface area contributed by atoms with E-state index < -0.39 is 0 Å². The molecule has 1 fully saturated rings. The molecule has 0 heterocycles. The van der Waals surface area contributed by atoms with Crippen molar-refractivity contribution in [3.63, 3.8) is 0 Å². The van der Waals surface area contributed by atoms with Gasteiger partial charge in [0.25, 0.3) is 0 Å². The van der Waals surface area contributed by atoms with Gasteiger partial charge in [0.1, 0.15) is 0 Å². The zero-order chi connectivity index (χ0) is 6.10. The van der Waals surface area contributed by atoms with Crippen LogP contribution in [0.2, 0.25) is 0 Å². The van der Waals surface area contributed by atoms with E-state index in [2.05, 4.69) is 24.6 Å². The molecule has 0 aromatic heterocycles. The Labute approximate surface area is 96.3 Å². The van der Waals surface area contributed by atoms with Gasteiger partial charge in [0.05, 0.1) is 0 Å². The minimum absolute atomic E-state index is 0. The zero-order valence-corrected chi connectivity index (χ0v) is 10.5. The van der Waals surface area contributed by atoms with Crippen molar-refractivity contribution in [2.45, 2.75) is 19.3 Å². The molecule has 65 valence electrons. The minimum Gasteiger partial charge on any atom is -0.358 e. The third kappa shape index (κ3) is 2.94. The molecule has 0 aromatic rings. The Morgan fingerprint density at radius 1 is 1.33 bits per heavy atom. The van der Waals surface area contributed by atoms with Gasteiger partial charge in [-0.2, -0.15) is 0 Å². The maximum atomic E-state index is 2.37. The SMILES string of the molecule is C1=CCC2CC[CH-]C2=C1.[CH3-].[CH3-].[Zr+3]. The predicted molar refractivity (Wildman–Crippen MR) is 51.7 cm³/mol. The van der Waals surface area contributed by atoms with Crippen molar-refractivity contribution in [2.75, 3.05) is 0 Å². The van der Waals surface area contributed by atoms with Crippen LogP contribution in [0, 0.1) is 27.2 Å². The van der Waals surface area contributed by atoms with Crippen LogP contribution in [0.1, 0.15) is 19.3 Å². The molecule has 1 heteroatoms. The molecule has 0 spiro atoms. The van der Waals surface area contributed by atoms with Gasteiger partial charge in [-0.05, 0) is 12.3 Å². The van der Waals surface area contributed by atoms with E-state index >= 15 is 0 Å². The molecule has 1 atom stereocenters. The topological polar surface area (TPSA) is 0 Å². The summed E-state index contributed by atoms with van der Waals surface area (Å²) in [6.45, 7) is 0. The average Bonchev–Trinajstić information content (AvgIpc) is 2.33. The second-order valence-electron chi connectivity index (χ2n) is 2.81. The minimum atomic E-state index is 0. The molecule has 0 saturated heterocycles. The van der Waals surface area contributed by atoms with Crippen LogP contribution < -0.4 is 0 Å². The van der Waals surface area contributed by atoms with Gasteiger partial charge in [-0.1, -0.05) is 6.42 Å². The van der Waals surface area contributed by atoms with Crippen molar-refractivity contribution in [1.82, 2.24) is 0 Å². The monoisotopic (exact) mass is 239 g/mol. The van der Waals surface area contributed by atoms with E-state index in [1.807, 2.05) is 0 Å². The summed E-state index contributed by atoms with van der Waals surface area (Å²) in [5.74, 6) is 0.884. The quantitative estimate of drug-likeness (QED) is 0.569. The molecule has 2 aliphatic rings. The Hall–Kier alpha value is 0.233. The van der Waals surface area contributed by atoms with Crippen molar-refractivity contribution in [3.05, 3.63) is 45.1 Å². The molecule has 0 amide bonds. The van der Waals surface area contributed by atoms with Crippen LogP contribution in [0.5, 0.6) is 0 Å². The molecule has 0 bridgehead atoms. The Balaban J connectivity index is 0. The molecule has 0 N–H and O–H groups in total. The summed E-state index contributed by atoms with van der Waals surface area (Å²) in [5, 5.41) is 0. The first kappa shape index (κ1) is 14.7. The summed E-state index contributed by atoms with van der Waals surface area (Å²) in [6.07, 6.45) is 13.0. The van der Waals surface area contributed by atoms with E-state index in [1.165, 1.54) is 19.3 Å². The number of fused-ring (bicyclic) bond motifs is 1. The molecule has 0 aromatic carbocycles. The summed E-state index contributed by atoms with van der Waals surface area (Å²) in [6, 6.07) is 0. The molecule has 0 nitrogen and oxygen atoms in total. The van der Waals surface area contributed by atoms with Crippen molar-refractivity contribution in [1.29, 1.82) is 0 Å². The van der Waals surface area contributed by atoms with Gasteiger partial charge < -0.3 is 14.9 Å². The van der Waals surface area contributed by atoms with Crippen LogP contribution in [-0.4, -0.2) is 0 Å². The third-order valence-corrected chi connectivity index (χ3v) is 2.21. The smallest absolute Gasteiger partial charge is 0.358 e. The van der Waals surface area contributed by atoms with Crippen molar-refractivity contribution in [2.24, 2.45) is 5.92 Å². The standard InChI is InChI=1S/C9H11.2CH3.Zr/c1-2-5-9-7-3-6-8(9)4-1;;;/h1-2,4,6,9H,3,5,7H2;2*1H3;/q3*-1;+3.